The summed E-state index contributed by atoms with van der Waals surface area (Å²) in [7, 11) is -2.01. The van der Waals surface area contributed by atoms with Crippen molar-refractivity contribution in [3.63, 3.8) is 0 Å². The topological polar surface area (TPSA) is 59.5 Å². The standard InChI is InChI=1S/C16H17BrN2O3S/c1-22-16-7-6-13(10-14(16)17)23(20,21)19-9-3-5-15(19)12-4-2-8-18-11-12/h2,4,6-8,10-11,15H,3,5,9H2,1H3. The number of pyridine rings is 1. The average Bonchev–Trinajstić information content (AvgIpc) is 3.06. The van der Waals surface area contributed by atoms with Crippen molar-refractivity contribution >= 4 is 26.0 Å². The Kier molecular flexibility index (Phi) is 4.70. The number of nitrogens with zero attached hydrogens (tertiary/aromatic N) is 2. The van der Waals surface area contributed by atoms with Gasteiger partial charge >= 0.3 is 0 Å². The van der Waals surface area contributed by atoms with Crippen LogP contribution in [0.3, 0.4) is 0 Å². The lowest BCUT2D eigenvalue weighted by Gasteiger charge is -2.24. The maximum Gasteiger partial charge on any atom is 0.243 e. The monoisotopic (exact) mass is 396 g/mol. The molecular formula is C16H17BrN2O3S. The molecule has 0 spiro atoms. The second kappa shape index (κ2) is 6.59. The van der Waals surface area contributed by atoms with Crippen molar-refractivity contribution in [1.82, 2.24) is 9.29 Å². The molecule has 0 radical (unpaired) electrons. The van der Waals surface area contributed by atoms with Crippen LogP contribution >= 0.6 is 15.9 Å². The largest absolute Gasteiger partial charge is 0.496 e. The van der Waals surface area contributed by atoms with Gasteiger partial charge in [-0.3, -0.25) is 4.98 Å². The van der Waals surface area contributed by atoms with Crippen LogP contribution in [0, 0.1) is 0 Å². The Bertz CT molecular complexity index is 796. The molecule has 1 fully saturated rings. The zero-order valence-corrected chi connectivity index (χ0v) is 15.0. The van der Waals surface area contributed by atoms with Crippen LogP contribution in [0.25, 0.3) is 0 Å². The van der Waals surface area contributed by atoms with Gasteiger partial charge in [-0.25, -0.2) is 8.42 Å². The van der Waals surface area contributed by atoms with Gasteiger partial charge in [0.15, 0.2) is 0 Å². The van der Waals surface area contributed by atoms with Crippen LogP contribution in [-0.4, -0.2) is 31.4 Å². The molecule has 1 aromatic carbocycles. The number of methoxy groups -OCH3 is 1. The van der Waals surface area contributed by atoms with Crippen molar-refractivity contribution in [3.8, 4) is 5.75 Å². The van der Waals surface area contributed by atoms with Gasteiger partial charge in [0.05, 0.1) is 22.5 Å². The predicted molar refractivity (Wildman–Crippen MR) is 90.8 cm³/mol. The van der Waals surface area contributed by atoms with Gasteiger partial charge in [0.25, 0.3) is 0 Å². The van der Waals surface area contributed by atoms with Crippen LogP contribution in [0.15, 0.2) is 52.1 Å². The van der Waals surface area contributed by atoms with Gasteiger partial charge in [0, 0.05) is 18.9 Å². The van der Waals surface area contributed by atoms with Crippen LogP contribution in [0.2, 0.25) is 0 Å². The van der Waals surface area contributed by atoms with Crippen molar-refractivity contribution < 1.29 is 13.2 Å². The zero-order valence-electron chi connectivity index (χ0n) is 12.6. The number of hydrogen-bond donors (Lipinski definition) is 0. The lowest BCUT2D eigenvalue weighted by Crippen LogP contribution is -2.30. The molecule has 0 aliphatic carbocycles. The third kappa shape index (κ3) is 3.13. The number of aromatic nitrogens is 1. The van der Waals surface area contributed by atoms with Gasteiger partial charge < -0.3 is 4.74 Å². The van der Waals surface area contributed by atoms with E-state index in [2.05, 4.69) is 20.9 Å². The summed E-state index contributed by atoms with van der Waals surface area (Å²) >= 11 is 3.35. The van der Waals surface area contributed by atoms with Crippen molar-refractivity contribution in [2.24, 2.45) is 0 Å². The normalized spacial score (nSPS) is 19.0. The molecule has 0 bridgehead atoms. The molecule has 7 heteroatoms. The third-order valence-corrected chi connectivity index (χ3v) is 6.53. The van der Waals surface area contributed by atoms with Gasteiger partial charge in [0.2, 0.25) is 10.0 Å². The van der Waals surface area contributed by atoms with Crippen LogP contribution < -0.4 is 4.74 Å². The lowest BCUT2D eigenvalue weighted by molar-refractivity contribution is 0.395. The molecule has 1 aliphatic rings. The van der Waals surface area contributed by atoms with E-state index in [1.54, 1.807) is 42.0 Å². The minimum absolute atomic E-state index is 0.158. The number of ether oxygens (including phenoxy) is 1. The van der Waals surface area contributed by atoms with E-state index in [0.29, 0.717) is 16.8 Å². The summed E-state index contributed by atoms with van der Waals surface area (Å²) in [6.07, 6.45) is 5.08. The Morgan fingerprint density at radius 3 is 2.83 bits per heavy atom. The highest BCUT2D eigenvalue weighted by Crippen LogP contribution is 2.37. The van der Waals surface area contributed by atoms with Gasteiger partial charge in [-0.1, -0.05) is 6.07 Å². The molecule has 2 heterocycles. The predicted octanol–water partition coefficient (Wildman–Crippen LogP) is 3.38. The summed E-state index contributed by atoms with van der Waals surface area (Å²) in [5.74, 6) is 0.606. The van der Waals surface area contributed by atoms with E-state index in [9.17, 15) is 8.42 Å². The van der Waals surface area contributed by atoms with E-state index in [1.165, 1.54) is 0 Å². The molecule has 1 atom stereocenters. The van der Waals surface area contributed by atoms with Crippen molar-refractivity contribution in [2.75, 3.05) is 13.7 Å². The summed E-state index contributed by atoms with van der Waals surface area (Å²) in [5, 5.41) is 0. The summed E-state index contributed by atoms with van der Waals surface area (Å²) in [6, 6.07) is 8.43. The molecule has 1 aliphatic heterocycles. The fourth-order valence-corrected chi connectivity index (χ4v) is 5.28. The Hall–Kier alpha value is -1.44. The Morgan fingerprint density at radius 1 is 1.35 bits per heavy atom. The number of hydrogen-bond acceptors (Lipinski definition) is 4. The molecule has 1 unspecified atom stereocenters. The van der Waals surface area contributed by atoms with Gasteiger partial charge in [-0.05, 0) is 58.6 Å². The van der Waals surface area contributed by atoms with Gasteiger partial charge in [-0.2, -0.15) is 4.31 Å². The molecule has 5 nitrogen and oxygen atoms in total. The first-order valence-corrected chi connectivity index (χ1v) is 9.52. The van der Waals surface area contributed by atoms with Crippen LogP contribution in [-0.2, 0) is 10.0 Å². The summed E-state index contributed by atoms with van der Waals surface area (Å²) in [4.78, 5) is 4.37. The summed E-state index contributed by atoms with van der Waals surface area (Å²) in [5.41, 5.74) is 0.932. The van der Waals surface area contributed by atoms with Crippen LogP contribution in [0.4, 0.5) is 0 Å². The minimum atomic E-state index is -3.56. The molecule has 2 aromatic rings. The first-order valence-electron chi connectivity index (χ1n) is 7.29. The second-order valence-electron chi connectivity index (χ2n) is 5.36. The SMILES string of the molecule is COc1ccc(S(=O)(=O)N2CCCC2c2cccnc2)cc1Br. The number of rotatable bonds is 4. The number of sulfonamides is 1. The smallest absolute Gasteiger partial charge is 0.243 e. The van der Waals surface area contributed by atoms with Gasteiger partial charge in [0.1, 0.15) is 5.75 Å². The summed E-state index contributed by atoms with van der Waals surface area (Å²) in [6.45, 7) is 0.519. The first kappa shape index (κ1) is 16.4. The maximum atomic E-state index is 13.0. The highest BCUT2D eigenvalue weighted by molar-refractivity contribution is 9.10. The molecule has 0 N–H and O–H groups in total. The Balaban J connectivity index is 1.97. The van der Waals surface area contributed by atoms with E-state index in [0.717, 1.165) is 18.4 Å². The summed E-state index contributed by atoms with van der Waals surface area (Å²) < 4.78 is 33.4. The Labute approximate surface area is 144 Å². The number of benzene rings is 1. The third-order valence-electron chi connectivity index (χ3n) is 4.00. The highest BCUT2D eigenvalue weighted by Gasteiger charge is 2.36. The molecule has 0 saturated carbocycles. The molecular weight excluding hydrogens is 380 g/mol. The van der Waals surface area contributed by atoms with Crippen molar-refractivity contribution in [1.29, 1.82) is 0 Å². The number of halogens is 1. The molecule has 23 heavy (non-hydrogen) atoms. The first-order chi connectivity index (χ1) is 11.0. The quantitative estimate of drug-likeness (QED) is 0.794. The zero-order chi connectivity index (χ0) is 16.4. The molecule has 122 valence electrons. The lowest BCUT2D eigenvalue weighted by atomic mass is 10.1. The van der Waals surface area contributed by atoms with E-state index in [1.807, 2.05) is 12.1 Å². The highest BCUT2D eigenvalue weighted by atomic mass is 79.9. The maximum absolute atomic E-state index is 13.0. The van der Waals surface area contributed by atoms with Crippen LogP contribution in [0.1, 0.15) is 24.4 Å². The van der Waals surface area contributed by atoms with Gasteiger partial charge in [-0.15, -0.1) is 0 Å². The fraction of sp³-hybridized carbons (Fsp3) is 0.312. The van der Waals surface area contributed by atoms with E-state index in [4.69, 9.17) is 4.74 Å². The fourth-order valence-electron chi connectivity index (χ4n) is 2.88. The minimum Gasteiger partial charge on any atom is -0.496 e. The van der Waals surface area contributed by atoms with E-state index < -0.39 is 10.0 Å². The molecule has 3 rings (SSSR count). The average molecular weight is 397 g/mol. The van der Waals surface area contributed by atoms with E-state index >= 15 is 0 Å². The van der Waals surface area contributed by atoms with Crippen LogP contribution in [0.5, 0.6) is 5.75 Å². The molecule has 1 aromatic heterocycles. The Morgan fingerprint density at radius 2 is 2.17 bits per heavy atom. The van der Waals surface area contributed by atoms with Crippen molar-refractivity contribution in [2.45, 2.75) is 23.8 Å². The van der Waals surface area contributed by atoms with Crippen molar-refractivity contribution in [3.05, 3.63) is 52.8 Å². The second-order valence-corrected chi connectivity index (χ2v) is 8.10. The van der Waals surface area contributed by atoms with E-state index in [-0.39, 0.29) is 10.9 Å². The molecule has 0 amide bonds. The molecule has 1 saturated heterocycles.